The minimum Gasteiger partial charge on any atom is -0.485 e. The van der Waals surface area contributed by atoms with E-state index in [-0.39, 0.29) is 5.69 Å². The molecule has 3 rings (SSSR count). The van der Waals surface area contributed by atoms with Crippen molar-refractivity contribution in [2.45, 2.75) is 25.5 Å². The van der Waals surface area contributed by atoms with Gasteiger partial charge in [-0.05, 0) is 19.9 Å². The van der Waals surface area contributed by atoms with Crippen LogP contribution >= 0.6 is 0 Å². The third-order valence-corrected chi connectivity index (χ3v) is 3.59. The van der Waals surface area contributed by atoms with Crippen molar-refractivity contribution in [2.75, 3.05) is 5.32 Å². The highest BCUT2D eigenvalue weighted by atomic mass is 19.2. The Balaban J connectivity index is 2.02. The summed E-state index contributed by atoms with van der Waals surface area (Å²) in [6.07, 6.45) is 0. The Kier molecular flexibility index (Phi) is 3.08. The number of halogens is 3. The molecule has 5 heteroatoms. The van der Waals surface area contributed by atoms with Gasteiger partial charge in [0.2, 0.25) is 0 Å². The Morgan fingerprint density at radius 2 is 1.81 bits per heavy atom. The first-order valence-corrected chi connectivity index (χ1v) is 6.57. The van der Waals surface area contributed by atoms with Gasteiger partial charge in [-0.25, -0.2) is 13.2 Å². The van der Waals surface area contributed by atoms with Gasteiger partial charge in [0.1, 0.15) is 17.2 Å². The highest BCUT2D eigenvalue weighted by Gasteiger charge is 2.41. The zero-order chi connectivity index (χ0) is 15.2. The Hall–Kier alpha value is -2.17. The number of nitrogens with one attached hydrogen (secondary N) is 1. The molecule has 2 nitrogen and oxygen atoms in total. The van der Waals surface area contributed by atoms with Gasteiger partial charge in [-0.1, -0.05) is 18.2 Å². The van der Waals surface area contributed by atoms with Gasteiger partial charge >= 0.3 is 0 Å². The molecule has 21 heavy (non-hydrogen) atoms. The summed E-state index contributed by atoms with van der Waals surface area (Å²) in [7, 11) is 0. The largest absolute Gasteiger partial charge is 0.485 e. The monoisotopic (exact) mass is 293 g/mol. The van der Waals surface area contributed by atoms with Crippen LogP contribution in [0.4, 0.5) is 18.9 Å². The fourth-order valence-corrected chi connectivity index (χ4v) is 2.60. The molecule has 2 aromatic carbocycles. The first-order chi connectivity index (χ1) is 9.88. The molecule has 0 bridgehead atoms. The van der Waals surface area contributed by atoms with E-state index in [1.54, 1.807) is 6.07 Å². The van der Waals surface area contributed by atoms with Crippen molar-refractivity contribution in [3.8, 4) is 5.75 Å². The maximum Gasteiger partial charge on any atom is 0.182 e. The van der Waals surface area contributed by atoms with E-state index in [1.807, 2.05) is 32.0 Å². The van der Waals surface area contributed by atoms with Crippen LogP contribution in [0.1, 0.15) is 25.5 Å². The lowest BCUT2D eigenvalue weighted by molar-refractivity contribution is 0.118. The van der Waals surface area contributed by atoms with Gasteiger partial charge in [-0.3, -0.25) is 0 Å². The number of hydrogen-bond donors (Lipinski definition) is 1. The molecule has 1 heterocycles. The van der Waals surface area contributed by atoms with Gasteiger partial charge in [0, 0.05) is 17.7 Å². The fraction of sp³-hybridized carbons (Fsp3) is 0.250. The minimum absolute atomic E-state index is 0.217. The molecule has 1 unspecified atom stereocenters. The minimum atomic E-state index is -1.22. The third-order valence-electron chi connectivity index (χ3n) is 3.59. The lowest BCUT2D eigenvalue weighted by atomic mass is 9.94. The summed E-state index contributed by atoms with van der Waals surface area (Å²) < 4.78 is 46.2. The lowest BCUT2D eigenvalue weighted by Gasteiger charge is -2.28. The molecule has 0 amide bonds. The van der Waals surface area contributed by atoms with Crippen LogP contribution in [-0.4, -0.2) is 5.60 Å². The molecule has 1 N–H and O–H groups in total. The van der Waals surface area contributed by atoms with Gasteiger partial charge in [0.25, 0.3) is 0 Å². The van der Waals surface area contributed by atoms with Crippen molar-refractivity contribution in [2.24, 2.45) is 0 Å². The molecular weight excluding hydrogens is 279 g/mol. The van der Waals surface area contributed by atoms with E-state index in [0.29, 0.717) is 11.8 Å². The molecule has 110 valence electrons. The van der Waals surface area contributed by atoms with E-state index in [0.717, 1.165) is 11.6 Å². The standard InChI is InChI=1S/C16H14F3NO/c1-16(2)15(10-5-3-4-6-13(10)21-16)20-12-8-9(17)7-11(18)14(12)19/h3-8,15,20H,1-2H3. The van der Waals surface area contributed by atoms with Gasteiger partial charge in [0.15, 0.2) is 11.6 Å². The Morgan fingerprint density at radius 1 is 1.10 bits per heavy atom. The topological polar surface area (TPSA) is 21.3 Å². The summed E-state index contributed by atoms with van der Waals surface area (Å²) in [5, 5.41) is 2.86. The zero-order valence-electron chi connectivity index (χ0n) is 11.6. The summed E-state index contributed by atoms with van der Waals surface area (Å²) in [4.78, 5) is 0. The van der Waals surface area contributed by atoms with Crippen LogP contribution in [0.15, 0.2) is 36.4 Å². The third kappa shape index (κ3) is 2.33. The second-order valence-electron chi connectivity index (χ2n) is 5.57. The zero-order valence-corrected chi connectivity index (χ0v) is 11.6. The number of para-hydroxylation sites is 1. The number of fused-ring (bicyclic) bond motifs is 1. The molecule has 1 aliphatic heterocycles. The fourth-order valence-electron chi connectivity index (χ4n) is 2.60. The smallest absolute Gasteiger partial charge is 0.182 e. The summed E-state index contributed by atoms with van der Waals surface area (Å²) in [6, 6.07) is 8.36. The van der Waals surface area contributed by atoms with Crippen LogP contribution in [0.2, 0.25) is 0 Å². The first-order valence-electron chi connectivity index (χ1n) is 6.57. The second kappa shape index (κ2) is 4.69. The molecule has 0 fully saturated rings. The van der Waals surface area contributed by atoms with Gasteiger partial charge in [0.05, 0.1) is 11.7 Å². The summed E-state index contributed by atoms with van der Waals surface area (Å²) in [5.74, 6) is -2.47. The van der Waals surface area contributed by atoms with Crippen LogP contribution < -0.4 is 10.1 Å². The number of hydrogen-bond acceptors (Lipinski definition) is 2. The molecule has 0 aromatic heterocycles. The Bertz CT molecular complexity index is 700. The van der Waals surface area contributed by atoms with Crippen molar-refractivity contribution in [1.29, 1.82) is 0 Å². The Morgan fingerprint density at radius 3 is 2.57 bits per heavy atom. The van der Waals surface area contributed by atoms with Crippen LogP contribution in [0, 0.1) is 17.5 Å². The number of anilines is 1. The Labute approximate surface area is 120 Å². The van der Waals surface area contributed by atoms with Crippen LogP contribution in [0.25, 0.3) is 0 Å². The maximum absolute atomic E-state index is 13.8. The average Bonchev–Trinajstić information content (AvgIpc) is 2.66. The quantitative estimate of drug-likeness (QED) is 0.827. The molecule has 2 aromatic rings. The van der Waals surface area contributed by atoms with Crippen LogP contribution in [0.5, 0.6) is 5.75 Å². The first kappa shape index (κ1) is 13.8. The van der Waals surface area contributed by atoms with Gasteiger partial charge in [-0.15, -0.1) is 0 Å². The highest BCUT2D eigenvalue weighted by Crippen LogP contribution is 2.44. The van der Waals surface area contributed by atoms with E-state index in [1.165, 1.54) is 0 Å². The van der Waals surface area contributed by atoms with Gasteiger partial charge in [-0.2, -0.15) is 0 Å². The maximum atomic E-state index is 13.8. The van der Waals surface area contributed by atoms with E-state index in [9.17, 15) is 13.2 Å². The van der Waals surface area contributed by atoms with Crippen molar-refractivity contribution in [3.05, 3.63) is 59.4 Å². The summed E-state index contributed by atoms with van der Waals surface area (Å²) >= 11 is 0. The molecular formula is C16H14F3NO. The van der Waals surface area contributed by atoms with E-state index in [2.05, 4.69) is 5.32 Å². The number of benzene rings is 2. The molecule has 1 aliphatic rings. The van der Waals surface area contributed by atoms with E-state index in [4.69, 9.17) is 4.74 Å². The van der Waals surface area contributed by atoms with Crippen molar-refractivity contribution in [3.63, 3.8) is 0 Å². The molecule has 1 atom stereocenters. The molecule has 0 aliphatic carbocycles. The summed E-state index contributed by atoms with van der Waals surface area (Å²) in [5.41, 5.74) is -0.0590. The van der Waals surface area contributed by atoms with Crippen LogP contribution in [0.3, 0.4) is 0 Å². The van der Waals surface area contributed by atoms with Gasteiger partial charge < -0.3 is 10.1 Å². The van der Waals surface area contributed by atoms with E-state index >= 15 is 0 Å². The van der Waals surface area contributed by atoms with Crippen molar-refractivity contribution < 1.29 is 17.9 Å². The second-order valence-corrected chi connectivity index (χ2v) is 5.57. The molecule has 0 saturated heterocycles. The molecule has 0 radical (unpaired) electrons. The average molecular weight is 293 g/mol. The lowest BCUT2D eigenvalue weighted by Crippen LogP contribution is -2.35. The van der Waals surface area contributed by atoms with E-state index < -0.39 is 29.1 Å². The highest BCUT2D eigenvalue weighted by molar-refractivity contribution is 5.52. The SMILES string of the molecule is CC1(C)Oc2ccccc2C1Nc1cc(F)cc(F)c1F. The predicted molar refractivity (Wildman–Crippen MR) is 73.8 cm³/mol. The number of rotatable bonds is 2. The van der Waals surface area contributed by atoms with Crippen LogP contribution in [-0.2, 0) is 0 Å². The number of ether oxygens (including phenoxy) is 1. The predicted octanol–water partition coefficient (Wildman–Crippen LogP) is 4.43. The van der Waals surface area contributed by atoms with Crippen molar-refractivity contribution in [1.82, 2.24) is 0 Å². The normalized spacial score (nSPS) is 19.0. The summed E-state index contributed by atoms with van der Waals surface area (Å²) in [6.45, 7) is 3.66. The molecule has 0 saturated carbocycles. The molecule has 0 spiro atoms. The van der Waals surface area contributed by atoms with Crippen molar-refractivity contribution >= 4 is 5.69 Å².